The van der Waals surface area contributed by atoms with Crippen molar-refractivity contribution < 1.29 is 9.50 Å². The van der Waals surface area contributed by atoms with Gasteiger partial charge in [0.25, 0.3) is 5.56 Å². The van der Waals surface area contributed by atoms with E-state index >= 15 is 0 Å². The van der Waals surface area contributed by atoms with E-state index in [9.17, 15) is 14.3 Å². The van der Waals surface area contributed by atoms with Crippen molar-refractivity contribution >= 4 is 17.4 Å². The Labute approximate surface area is 124 Å². The van der Waals surface area contributed by atoms with Crippen LogP contribution in [0, 0.1) is 5.95 Å². The molecule has 3 rings (SSSR count). The van der Waals surface area contributed by atoms with Crippen molar-refractivity contribution in [2.45, 2.75) is 12.5 Å². The van der Waals surface area contributed by atoms with E-state index in [1.54, 1.807) is 4.90 Å². The predicted molar refractivity (Wildman–Crippen MR) is 75.9 cm³/mol. The summed E-state index contributed by atoms with van der Waals surface area (Å²) < 4.78 is 13.2. The van der Waals surface area contributed by atoms with E-state index in [1.165, 1.54) is 18.3 Å². The highest BCUT2D eigenvalue weighted by Gasteiger charge is 2.25. The van der Waals surface area contributed by atoms with Crippen molar-refractivity contribution in [2.75, 3.05) is 18.0 Å². The van der Waals surface area contributed by atoms with Crippen molar-refractivity contribution in [3.05, 3.63) is 39.7 Å². The van der Waals surface area contributed by atoms with Gasteiger partial charge < -0.3 is 15.0 Å². The second kappa shape index (κ2) is 5.42. The molecule has 3 heterocycles. The lowest BCUT2D eigenvalue weighted by atomic mass is 10.2. The van der Waals surface area contributed by atoms with E-state index in [1.807, 2.05) is 0 Å². The lowest BCUT2D eigenvalue weighted by molar-refractivity contribution is 0.198. The van der Waals surface area contributed by atoms with E-state index < -0.39 is 17.6 Å². The third-order valence-corrected chi connectivity index (χ3v) is 3.65. The molecule has 6 nitrogen and oxygen atoms in total. The minimum Gasteiger partial charge on any atom is -0.391 e. The predicted octanol–water partition coefficient (Wildman–Crippen LogP) is 1.20. The summed E-state index contributed by atoms with van der Waals surface area (Å²) in [7, 11) is 0. The highest BCUT2D eigenvalue weighted by molar-refractivity contribution is 6.32. The molecule has 2 aromatic rings. The van der Waals surface area contributed by atoms with Gasteiger partial charge in [-0.2, -0.15) is 4.39 Å². The Balaban J connectivity index is 2.07. The second-order valence-corrected chi connectivity index (χ2v) is 5.19. The summed E-state index contributed by atoms with van der Waals surface area (Å²) in [5.74, 6) is -0.158. The van der Waals surface area contributed by atoms with Gasteiger partial charge in [-0.05, 0) is 12.5 Å². The number of hydrogen-bond acceptors (Lipinski definition) is 5. The SMILES string of the molecule is O=c1[nH]c(-c2ccnc(F)c2)nc(N2CCC(O)C2)c1Cl. The molecule has 0 aromatic carbocycles. The molecule has 0 amide bonds. The average Bonchev–Trinajstić information content (AvgIpc) is 2.88. The molecule has 0 bridgehead atoms. The monoisotopic (exact) mass is 310 g/mol. The molecule has 0 spiro atoms. The van der Waals surface area contributed by atoms with Crippen molar-refractivity contribution in [1.82, 2.24) is 15.0 Å². The fraction of sp³-hybridized carbons (Fsp3) is 0.308. The van der Waals surface area contributed by atoms with Crippen molar-refractivity contribution in [2.24, 2.45) is 0 Å². The van der Waals surface area contributed by atoms with Gasteiger partial charge in [0.1, 0.15) is 10.8 Å². The fourth-order valence-corrected chi connectivity index (χ4v) is 2.49. The first-order valence-electron chi connectivity index (χ1n) is 6.39. The standard InChI is InChI=1S/C13H12ClFN4O2/c14-10-12(19-4-2-8(20)6-19)17-11(18-13(10)21)7-1-3-16-9(15)5-7/h1,3,5,8,20H,2,4,6H2,(H,17,18,21). The molecule has 8 heteroatoms. The van der Waals surface area contributed by atoms with Gasteiger partial charge in [0.05, 0.1) is 6.10 Å². The van der Waals surface area contributed by atoms with Gasteiger partial charge in [-0.3, -0.25) is 4.79 Å². The Bertz CT molecular complexity index is 736. The Kier molecular flexibility index (Phi) is 3.60. The zero-order valence-corrected chi connectivity index (χ0v) is 11.6. The number of nitrogens with zero attached hydrogens (tertiary/aromatic N) is 3. The van der Waals surface area contributed by atoms with Crippen LogP contribution in [0.5, 0.6) is 0 Å². The van der Waals surface area contributed by atoms with E-state index in [2.05, 4.69) is 15.0 Å². The maximum Gasteiger partial charge on any atom is 0.272 e. The van der Waals surface area contributed by atoms with Crippen LogP contribution in [0.1, 0.15) is 6.42 Å². The summed E-state index contributed by atoms with van der Waals surface area (Å²) in [6.45, 7) is 0.918. The molecule has 1 atom stereocenters. The van der Waals surface area contributed by atoms with Crippen LogP contribution in [0.25, 0.3) is 11.4 Å². The van der Waals surface area contributed by atoms with Crippen LogP contribution in [-0.4, -0.2) is 39.3 Å². The smallest absolute Gasteiger partial charge is 0.272 e. The first kappa shape index (κ1) is 14.0. The van der Waals surface area contributed by atoms with Gasteiger partial charge in [-0.25, -0.2) is 9.97 Å². The van der Waals surface area contributed by atoms with Gasteiger partial charge >= 0.3 is 0 Å². The largest absolute Gasteiger partial charge is 0.391 e. The molecule has 1 unspecified atom stereocenters. The van der Waals surface area contributed by atoms with Crippen molar-refractivity contribution in [3.63, 3.8) is 0 Å². The number of hydrogen-bond donors (Lipinski definition) is 2. The highest BCUT2D eigenvalue weighted by Crippen LogP contribution is 2.26. The van der Waals surface area contributed by atoms with E-state index in [0.29, 0.717) is 30.9 Å². The third kappa shape index (κ3) is 2.74. The molecule has 0 radical (unpaired) electrons. The van der Waals surface area contributed by atoms with E-state index in [-0.39, 0.29) is 10.8 Å². The van der Waals surface area contributed by atoms with Gasteiger partial charge in [-0.15, -0.1) is 0 Å². The zero-order valence-electron chi connectivity index (χ0n) is 10.9. The molecule has 110 valence electrons. The molecular formula is C13H12ClFN4O2. The Hall–Kier alpha value is -1.99. The topological polar surface area (TPSA) is 82.1 Å². The maximum atomic E-state index is 13.2. The van der Waals surface area contributed by atoms with Crippen LogP contribution in [0.3, 0.4) is 0 Å². The summed E-state index contributed by atoms with van der Waals surface area (Å²) in [4.78, 5) is 23.9. The van der Waals surface area contributed by atoms with Gasteiger partial charge in [-0.1, -0.05) is 11.6 Å². The molecule has 2 aromatic heterocycles. The number of aromatic nitrogens is 3. The van der Waals surface area contributed by atoms with Crippen molar-refractivity contribution in [3.8, 4) is 11.4 Å². The molecule has 0 aliphatic carbocycles. The Morgan fingerprint density at radius 1 is 1.52 bits per heavy atom. The number of aliphatic hydroxyl groups excluding tert-OH is 1. The molecule has 21 heavy (non-hydrogen) atoms. The van der Waals surface area contributed by atoms with E-state index in [0.717, 1.165) is 0 Å². The van der Waals surface area contributed by atoms with Crippen LogP contribution in [0.15, 0.2) is 23.1 Å². The van der Waals surface area contributed by atoms with E-state index in [4.69, 9.17) is 11.6 Å². The van der Waals surface area contributed by atoms with Crippen LogP contribution in [0.2, 0.25) is 5.02 Å². The first-order chi connectivity index (χ1) is 10.0. The third-order valence-electron chi connectivity index (χ3n) is 3.31. The number of pyridine rings is 1. The maximum absolute atomic E-state index is 13.2. The Morgan fingerprint density at radius 2 is 2.33 bits per heavy atom. The summed E-state index contributed by atoms with van der Waals surface area (Å²) in [5, 5.41) is 9.55. The molecule has 2 N–H and O–H groups in total. The second-order valence-electron chi connectivity index (χ2n) is 4.81. The molecule has 1 saturated heterocycles. The number of rotatable bonds is 2. The van der Waals surface area contributed by atoms with Crippen LogP contribution in [0.4, 0.5) is 10.2 Å². The molecule has 1 aliphatic rings. The summed E-state index contributed by atoms with van der Waals surface area (Å²) in [6, 6.07) is 2.71. The number of nitrogens with one attached hydrogen (secondary N) is 1. The summed E-state index contributed by atoms with van der Waals surface area (Å²) in [6.07, 6.45) is 1.41. The normalized spacial score (nSPS) is 18.2. The van der Waals surface area contributed by atoms with Gasteiger partial charge in [0, 0.05) is 30.9 Å². The quantitative estimate of drug-likeness (QED) is 0.814. The number of H-pyrrole nitrogens is 1. The van der Waals surface area contributed by atoms with Gasteiger partial charge in [0.2, 0.25) is 5.95 Å². The number of aliphatic hydroxyl groups is 1. The number of aromatic amines is 1. The summed E-state index contributed by atoms with van der Waals surface area (Å²) in [5.41, 5.74) is -0.104. The fourth-order valence-electron chi connectivity index (χ4n) is 2.28. The minimum atomic E-state index is -0.664. The molecule has 1 fully saturated rings. The van der Waals surface area contributed by atoms with Crippen molar-refractivity contribution in [1.29, 1.82) is 0 Å². The van der Waals surface area contributed by atoms with Crippen LogP contribution < -0.4 is 10.5 Å². The molecule has 0 saturated carbocycles. The van der Waals surface area contributed by atoms with Crippen LogP contribution >= 0.6 is 11.6 Å². The minimum absolute atomic E-state index is 0.0395. The van der Waals surface area contributed by atoms with Crippen LogP contribution in [-0.2, 0) is 0 Å². The lowest BCUT2D eigenvalue weighted by Gasteiger charge is -2.18. The number of β-amino-alcohol motifs (C(OH)–C–C–N with tert-alkyl or cyclic N) is 1. The average molecular weight is 311 g/mol. The molecular weight excluding hydrogens is 299 g/mol. The van der Waals surface area contributed by atoms with Gasteiger partial charge in [0.15, 0.2) is 5.82 Å². The summed E-state index contributed by atoms with van der Waals surface area (Å²) >= 11 is 6.00. The number of halogens is 2. The zero-order chi connectivity index (χ0) is 15.0. The molecule has 1 aliphatic heterocycles. The Morgan fingerprint density at radius 3 is 3.00 bits per heavy atom. The first-order valence-corrected chi connectivity index (χ1v) is 6.77. The number of anilines is 1. The lowest BCUT2D eigenvalue weighted by Crippen LogP contribution is -2.25. The highest BCUT2D eigenvalue weighted by atomic mass is 35.5.